The molecule has 0 spiro atoms. The van der Waals surface area contributed by atoms with Crippen molar-refractivity contribution < 1.29 is 18.0 Å². The first-order chi connectivity index (χ1) is 8.52. The van der Waals surface area contributed by atoms with E-state index in [1.807, 2.05) is 0 Å². The first kappa shape index (κ1) is 12.4. The molecule has 0 saturated heterocycles. The molecule has 2 aromatic rings. The minimum absolute atomic E-state index is 0.286. The highest BCUT2D eigenvalue weighted by Crippen LogP contribution is 2.29. The second-order valence-corrected chi connectivity index (χ2v) is 3.94. The smallest absolute Gasteiger partial charge is 0.150 e. The molecule has 0 N–H and O–H groups in total. The van der Waals surface area contributed by atoms with Crippen molar-refractivity contribution in [3.05, 3.63) is 58.9 Å². The minimum Gasteiger partial charge on any atom is -0.298 e. The zero-order chi connectivity index (χ0) is 13.3. The summed E-state index contributed by atoms with van der Waals surface area (Å²) in [4.78, 5) is 10.6. The summed E-state index contributed by atoms with van der Waals surface area (Å²) in [5.41, 5.74) is 0.977. The van der Waals surface area contributed by atoms with Crippen LogP contribution < -0.4 is 0 Å². The fraction of sp³-hybridized carbons (Fsp3) is 0.0714. The monoisotopic (exact) mass is 250 g/mol. The molecule has 0 heterocycles. The van der Waals surface area contributed by atoms with Gasteiger partial charge in [0.05, 0.1) is 5.56 Å². The van der Waals surface area contributed by atoms with Gasteiger partial charge in [0, 0.05) is 17.7 Å². The Balaban J connectivity index is 2.66. The summed E-state index contributed by atoms with van der Waals surface area (Å²) in [7, 11) is 0. The van der Waals surface area contributed by atoms with Gasteiger partial charge in [0.1, 0.15) is 23.7 Å². The van der Waals surface area contributed by atoms with Crippen LogP contribution in [0.3, 0.4) is 0 Å². The standard InChI is InChI=1S/C14H9F3O/c1-8-4-9(7-18)2-3-11(8)14-12(16)5-10(15)6-13(14)17/h2-7H,1H3. The molecule has 0 aliphatic heterocycles. The SMILES string of the molecule is Cc1cc(C=O)ccc1-c1c(F)cc(F)cc1F. The summed E-state index contributed by atoms with van der Waals surface area (Å²) >= 11 is 0. The highest BCUT2D eigenvalue weighted by molar-refractivity contribution is 5.78. The number of aryl methyl sites for hydroxylation is 1. The van der Waals surface area contributed by atoms with Gasteiger partial charge in [0.25, 0.3) is 0 Å². The van der Waals surface area contributed by atoms with Crippen molar-refractivity contribution >= 4 is 6.29 Å². The maximum atomic E-state index is 13.6. The van der Waals surface area contributed by atoms with E-state index in [0.717, 1.165) is 0 Å². The largest absolute Gasteiger partial charge is 0.298 e. The van der Waals surface area contributed by atoms with E-state index in [9.17, 15) is 18.0 Å². The second-order valence-electron chi connectivity index (χ2n) is 3.94. The first-order valence-electron chi connectivity index (χ1n) is 5.23. The molecule has 0 aromatic heterocycles. The van der Waals surface area contributed by atoms with Gasteiger partial charge in [-0.05, 0) is 24.1 Å². The predicted octanol–water partition coefficient (Wildman–Crippen LogP) is 3.89. The predicted molar refractivity (Wildman–Crippen MR) is 61.9 cm³/mol. The highest BCUT2D eigenvalue weighted by atomic mass is 19.1. The Morgan fingerprint density at radius 1 is 1.00 bits per heavy atom. The lowest BCUT2D eigenvalue weighted by molar-refractivity contribution is 0.112. The van der Waals surface area contributed by atoms with Gasteiger partial charge in [0.2, 0.25) is 0 Å². The van der Waals surface area contributed by atoms with Crippen LogP contribution in [0.5, 0.6) is 0 Å². The van der Waals surface area contributed by atoms with Gasteiger partial charge in [0.15, 0.2) is 0 Å². The van der Waals surface area contributed by atoms with Crippen molar-refractivity contribution in [1.82, 2.24) is 0 Å². The average molecular weight is 250 g/mol. The fourth-order valence-electron chi connectivity index (χ4n) is 1.84. The Morgan fingerprint density at radius 2 is 1.61 bits per heavy atom. The molecule has 1 nitrogen and oxygen atoms in total. The number of aldehydes is 1. The van der Waals surface area contributed by atoms with Crippen LogP contribution >= 0.6 is 0 Å². The first-order valence-corrected chi connectivity index (χ1v) is 5.23. The normalized spacial score (nSPS) is 10.4. The van der Waals surface area contributed by atoms with E-state index in [4.69, 9.17) is 0 Å². The molecule has 0 fully saturated rings. The van der Waals surface area contributed by atoms with Gasteiger partial charge >= 0.3 is 0 Å². The van der Waals surface area contributed by atoms with Crippen molar-refractivity contribution in [1.29, 1.82) is 0 Å². The molecular weight excluding hydrogens is 241 g/mol. The topological polar surface area (TPSA) is 17.1 Å². The molecule has 2 rings (SSSR count). The molecule has 0 atom stereocenters. The molecular formula is C14H9F3O. The van der Waals surface area contributed by atoms with Crippen molar-refractivity contribution in [2.45, 2.75) is 6.92 Å². The Labute approximate surface area is 102 Å². The molecule has 18 heavy (non-hydrogen) atoms. The highest BCUT2D eigenvalue weighted by Gasteiger charge is 2.15. The molecule has 0 saturated carbocycles. The van der Waals surface area contributed by atoms with Gasteiger partial charge in [-0.25, -0.2) is 13.2 Å². The number of halogens is 3. The third-order valence-corrected chi connectivity index (χ3v) is 2.66. The van der Waals surface area contributed by atoms with Gasteiger partial charge in [-0.2, -0.15) is 0 Å². The van der Waals surface area contributed by atoms with E-state index < -0.39 is 17.5 Å². The Kier molecular flexibility index (Phi) is 3.19. The number of benzene rings is 2. The molecule has 92 valence electrons. The summed E-state index contributed by atoms with van der Waals surface area (Å²) in [6.07, 6.45) is 0.647. The number of hydrogen-bond acceptors (Lipinski definition) is 1. The molecule has 0 bridgehead atoms. The maximum Gasteiger partial charge on any atom is 0.150 e. The molecule has 0 aliphatic rings. The van der Waals surface area contributed by atoms with E-state index in [0.29, 0.717) is 35.1 Å². The summed E-state index contributed by atoms with van der Waals surface area (Å²) in [6, 6.07) is 5.68. The van der Waals surface area contributed by atoms with E-state index in [-0.39, 0.29) is 5.56 Å². The average Bonchev–Trinajstić information content (AvgIpc) is 2.29. The van der Waals surface area contributed by atoms with Gasteiger partial charge in [-0.3, -0.25) is 4.79 Å². The van der Waals surface area contributed by atoms with Crippen molar-refractivity contribution in [2.75, 3.05) is 0 Å². The van der Waals surface area contributed by atoms with Crippen LogP contribution in [0.15, 0.2) is 30.3 Å². The van der Waals surface area contributed by atoms with E-state index in [1.54, 1.807) is 6.92 Å². The number of hydrogen-bond donors (Lipinski definition) is 0. The van der Waals surface area contributed by atoms with Crippen molar-refractivity contribution in [3.8, 4) is 11.1 Å². The van der Waals surface area contributed by atoms with Crippen LogP contribution in [-0.2, 0) is 0 Å². The quantitative estimate of drug-likeness (QED) is 0.739. The zero-order valence-electron chi connectivity index (χ0n) is 9.51. The molecule has 0 aliphatic carbocycles. The Morgan fingerprint density at radius 3 is 2.11 bits per heavy atom. The maximum absolute atomic E-state index is 13.6. The molecule has 0 amide bonds. The number of carbonyl (C=O) groups excluding carboxylic acids is 1. The third-order valence-electron chi connectivity index (χ3n) is 2.66. The van der Waals surface area contributed by atoms with E-state index in [2.05, 4.69) is 0 Å². The van der Waals surface area contributed by atoms with E-state index >= 15 is 0 Å². The fourth-order valence-corrected chi connectivity index (χ4v) is 1.84. The summed E-state index contributed by atoms with van der Waals surface area (Å²) in [5.74, 6) is -2.89. The lowest BCUT2D eigenvalue weighted by Gasteiger charge is -2.09. The van der Waals surface area contributed by atoms with Gasteiger partial charge in [-0.15, -0.1) is 0 Å². The molecule has 4 heteroatoms. The van der Waals surface area contributed by atoms with Crippen LogP contribution in [0.4, 0.5) is 13.2 Å². The van der Waals surface area contributed by atoms with Crippen LogP contribution in [0, 0.1) is 24.4 Å². The van der Waals surface area contributed by atoms with Crippen LogP contribution in [0.25, 0.3) is 11.1 Å². The number of rotatable bonds is 2. The summed E-state index contributed by atoms with van der Waals surface area (Å²) < 4.78 is 40.0. The molecule has 0 unspecified atom stereocenters. The zero-order valence-corrected chi connectivity index (χ0v) is 9.51. The van der Waals surface area contributed by atoms with Crippen LogP contribution in [0.1, 0.15) is 15.9 Å². The van der Waals surface area contributed by atoms with Crippen molar-refractivity contribution in [3.63, 3.8) is 0 Å². The number of carbonyl (C=O) groups is 1. The van der Waals surface area contributed by atoms with Gasteiger partial charge < -0.3 is 0 Å². The van der Waals surface area contributed by atoms with Crippen molar-refractivity contribution in [2.24, 2.45) is 0 Å². The van der Waals surface area contributed by atoms with Crippen LogP contribution in [-0.4, -0.2) is 6.29 Å². The minimum atomic E-state index is -0.963. The second kappa shape index (κ2) is 4.64. The Hall–Kier alpha value is -2.10. The molecule has 2 aromatic carbocycles. The lowest BCUT2D eigenvalue weighted by Crippen LogP contribution is -1.95. The van der Waals surface area contributed by atoms with E-state index in [1.165, 1.54) is 18.2 Å². The molecule has 0 radical (unpaired) electrons. The summed E-state index contributed by atoms with van der Waals surface area (Å²) in [6.45, 7) is 1.63. The summed E-state index contributed by atoms with van der Waals surface area (Å²) in [5, 5.41) is 0. The van der Waals surface area contributed by atoms with Gasteiger partial charge in [-0.1, -0.05) is 12.1 Å². The third kappa shape index (κ3) is 2.14. The lowest BCUT2D eigenvalue weighted by atomic mass is 9.98. The Bertz CT molecular complexity index is 597. The van der Waals surface area contributed by atoms with Crippen LogP contribution in [0.2, 0.25) is 0 Å².